The van der Waals surface area contributed by atoms with Gasteiger partial charge in [0.25, 0.3) is 0 Å². The van der Waals surface area contributed by atoms with Crippen molar-refractivity contribution in [3.63, 3.8) is 0 Å². The summed E-state index contributed by atoms with van der Waals surface area (Å²) in [7, 11) is 0. The molecule has 0 saturated heterocycles. The van der Waals surface area contributed by atoms with Gasteiger partial charge in [-0.1, -0.05) is 20.3 Å². The van der Waals surface area contributed by atoms with E-state index in [1.807, 2.05) is 6.20 Å². The molecule has 3 heteroatoms. The summed E-state index contributed by atoms with van der Waals surface area (Å²) in [5, 5.41) is 0.391. The average molecular weight is 198 g/mol. The Balaban J connectivity index is 2.55. The normalized spacial score (nSPS) is 13.2. The molecule has 0 aliphatic carbocycles. The molecule has 0 spiro atoms. The van der Waals surface area contributed by atoms with Gasteiger partial charge in [-0.25, -0.2) is 4.98 Å². The molecule has 0 saturated carbocycles. The van der Waals surface area contributed by atoms with Crippen LogP contribution in [-0.2, 0) is 13.0 Å². The highest BCUT2D eigenvalue weighted by Crippen LogP contribution is 2.06. The van der Waals surface area contributed by atoms with E-state index < -0.39 is 0 Å². The maximum absolute atomic E-state index is 4.37. The lowest BCUT2D eigenvalue weighted by Crippen LogP contribution is -2.07. The molecule has 0 aromatic carbocycles. The van der Waals surface area contributed by atoms with Crippen LogP contribution in [0.2, 0.25) is 0 Å². The molecule has 0 radical (unpaired) electrons. The van der Waals surface area contributed by atoms with E-state index in [0.717, 1.165) is 18.8 Å². The van der Waals surface area contributed by atoms with Gasteiger partial charge >= 0.3 is 0 Å². The number of aryl methyl sites for hydroxylation is 1. The van der Waals surface area contributed by atoms with Crippen molar-refractivity contribution < 1.29 is 0 Å². The molecule has 0 fully saturated rings. The lowest BCUT2D eigenvalue weighted by Gasteiger charge is -2.08. The van der Waals surface area contributed by atoms with Crippen LogP contribution in [0.15, 0.2) is 12.4 Å². The Hall–Kier alpha value is -0.440. The predicted molar refractivity (Wildman–Crippen MR) is 59.3 cm³/mol. The van der Waals surface area contributed by atoms with Crippen LogP contribution in [0.4, 0.5) is 0 Å². The van der Waals surface area contributed by atoms with Gasteiger partial charge < -0.3 is 4.57 Å². The molecule has 1 atom stereocenters. The van der Waals surface area contributed by atoms with Gasteiger partial charge in [0.05, 0.1) is 0 Å². The summed E-state index contributed by atoms with van der Waals surface area (Å²) >= 11 is 4.37. The Labute approximate surface area is 85.8 Å². The fourth-order valence-corrected chi connectivity index (χ4v) is 1.49. The van der Waals surface area contributed by atoms with Gasteiger partial charge in [-0.3, -0.25) is 0 Å². The molecule has 0 N–H and O–H groups in total. The summed E-state index contributed by atoms with van der Waals surface area (Å²) in [5.41, 5.74) is 0. The first-order valence-corrected chi connectivity index (χ1v) is 5.43. The van der Waals surface area contributed by atoms with E-state index in [2.05, 4.69) is 42.2 Å². The smallest absolute Gasteiger partial charge is 0.109 e. The van der Waals surface area contributed by atoms with Gasteiger partial charge in [0, 0.05) is 30.6 Å². The monoisotopic (exact) mass is 198 g/mol. The lowest BCUT2D eigenvalue weighted by atomic mass is 10.3. The summed E-state index contributed by atoms with van der Waals surface area (Å²) in [6.07, 6.45) is 7.35. The number of imidazole rings is 1. The number of hydrogen-bond acceptors (Lipinski definition) is 2. The van der Waals surface area contributed by atoms with Crippen molar-refractivity contribution in [1.82, 2.24) is 9.55 Å². The Morgan fingerprint density at radius 3 is 3.00 bits per heavy atom. The van der Waals surface area contributed by atoms with Crippen molar-refractivity contribution in [3.05, 3.63) is 18.2 Å². The van der Waals surface area contributed by atoms with Crippen LogP contribution in [0.5, 0.6) is 0 Å². The first-order valence-electron chi connectivity index (χ1n) is 4.92. The molecule has 13 heavy (non-hydrogen) atoms. The SMILES string of the molecule is CCCCn1ccnc1CC(C)S. The molecule has 0 bridgehead atoms. The fraction of sp³-hybridized carbons (Fsp3) is 0.700. The average Bonchev–Trinajstić information content (AvgIpc) is 2.48. The third kappa shape index (κ3) is 3.43. The molecule has 0 amide bonds. The number of aromatic nitrogens is 2. The summed E-state index contributed by atoms with van der Waals surface area (Å²) in [6, 6.07) is 0. The Morgan fingerprint density at radius 1 is 1.62 bits per heavy atom. The van der Waals surface area contributed by atoms with Crippen molar-refractivity contribution in [2.45, 2.75) is 44.9 Å². The van der Waals surface area contributed by atoms with Crippen molar-refractivity contribution >= 4 is 12.6 Å². The van der Waals surface area contributed by atoms with E-state index in [9.17, 15) is 0 Å². The van der Waals surface area contributed by atoms with E-state index in [1.165, 1.54) is 12.8 Å². The van der Waals surface area contributed by atoms with Gasteiger partial charge in [0.1, 0.15) is 5.82 Å². The van der Waals surface area contributed by atoms with E-state index in [1.54, 1.807) is 0 Å². The Kier molecular flexibility index (Phi) is 4.36. The third-order valence-electron chi connectivity index (χ3n) is 2.03. The molecule has 1 aromatic heterocycles. The second-order valence-corrected chi connectivity index (χ2v) is 4.33. The molecule has 0 aliphatic heterocycles. The largest absolute Gasteiger partial charge is 0.335 e. The number of thiol groups is 1. The maximum Gasteiger partial charge on any atom is 0.109 e. The minimum absolute atomic E-state index is 0.391. The molecule has 1 heterocycles. The topological polar surface area (TPSA) is 17.8 Å². The summed E-state index contributed by atoms with van der Waals surface area (Å²) in [5.74, 6) is 1.16. The molecule has 1 aromatic rings. The molecule has 2 nitrogen and oxygen atoms in total. The van der Waals surface area contributed by atoms with Gasteiger partial charge in [-0.2, -0.15) is 12.6 Å². The zero-order chi connectivity index (χ0) is 9.68. The second-order valence-electron chi connectivity index (χ2n) is 3.44. The molecule has 0 aliphatic rings. The van der Waals surface area contributed by atoms with Crippen LogP contribution in [0.3, 0.4) is 0 Å². The lowest BCUT2D eigenvalue weighted by molar-refractivity contribution is 0.600. The van der Waals surface area contributed by atoms with Crippen molar-refractivity contribution in [2.24, 2.45) is 0 Å². The molecular weight excluding hydrogens is 180 g/mol. The zero-order valence-corrected chi connectivity index (χ0v) is 9.30. The summed E-state index contributed by atoms with van der Waals surface area (Å²) in [4.78, 5) is 4.32. The third-order valence-corrected chi connectivity index (χ3v) is 2.21. The molecule has 74 valence electrons. The zero-order valence-electron chi connectivity index (χ0n) is 8.40. The summed E-state index contributed by atoms with van der Waals surface area (Å²) < 4.78 is 2.23. The van der Waals surface area contributed by atoms with Crippen molar-refractivity contribution in [2.75, 3.05) is 0 Å². The van der Waals surface area contributed by atoms with Gasteiger partial charge in [0.15, 0.2) is 0 Å². The van der Waals surface area contributed by atoms with Crippen LogP contribution in [0, 0.1) is 0 Å². The highest BCUT2D eigenvalue weighted by molar-refractivity contribution is 7.80. The Morgan fingerprint density at radius 2 is 2.38 bits per heavy atom. The Bertz CT molecular complexity index is 243. The first-order chi connectivity index (χ1) is 6.24. The van der Waals surface area contributed by atoms with Crippen LogP contribution in [-0.4, -0.2) is 14.8 Å². The molecule has 1 unspecified atom stereocenters. The minimum Gasteiger partial charge on any atom is -0.335 e. The van der Waals surface area contributed by atoms with Crippen LogP contribution in [0.1, 0.15) is 32.5 Å². The van der Waals surface area contributed by atoms with E-state index in [0.29, 0.717) is 5.25 Å². The summed E-state index contributed by atoms with van der Waals surface area (Å²) in [6.45, 7) is 5.39. The van der Waals surface area contributed by atoms with Crippen molar-refractivity contribution in [1.29, 1.82) is 0 Å². The number of hydrogen-bond donors (Lipinski definition) is 1. The number of unbranched alkanes of at least 4 members (excludes halogenated alkanes) is 1. The van der Waals surface area contributed by atoms with Crippen LogP contribution < -0.4 is 0 Å². The van der Waals surface area contributed by atoms with E-state index in [4.69, 9.17) is 0 Å². The quantitative estimate of drug-likeness (QED) is 0.720. The van der Waals surface area contributed by atoms with Gasteiger partial charge in [-0.05, 0) is 6.42 Å². The minimum atomic E-state index is 0.391. The van der Waals surface area contributed by atoms with Gasteiger partial charge in [-0.15, -0.1) is 0 Å². The first kappa shape index (κ1) is 10.6. The number of nitrogens with zero attached hydrogens (tertiary/aromatic N) is 2. The van der Waals surface area contributed by atoms with Crippen LogP contribution >= 0.6 is 12.6 Å². The molecule has 1 rings (SSSR count). The van der Waals surface area contributed by atoms with Crippen LogP contribution in [0.25, 0.3) is 0 Å². The second kappa shape index (κ2) is 5.32. The van der Waals surface area contributed by atoms with E-state index in [-0.39, 0.29) is 0 Å². The standard InChI is InChI=1S/C10H18N2S/c1-3-4-6-12-7-5-11-10(12)8-9(2)13/h5,7,9,13H,3-4,6,8H2,1-2H3. The fourth-order valence-electron chi connectivity index (χ4n) is 1.33. The van der Waals surface area contributed by atoms with E-state index >= 15 is 0 Å². The van der Waals surface area contributed by atoms with Crippen molar-refractivity contribution in [3.8, 4) is 0 Å². The maximum atomic E-state index is 4.37. The number of rotatable bonds is 5. The highest BCUT2D eigenvalue weighted by atomic mass is 32.1. The highest BCUT2D eigenvalue weighted by Gasteiger charge is 2.04. The molecular formula is C10H18N2S. The predicted octanol–water partition coefficient (Wildman–Crippen LogP) is 2.54. The van der Waals surface area contributed by atoms with Gasteiger partial charge in [0.2, 0.25) is 0 Å².